The zero-order chi connectivity index (χ0) is 10.7. The number of carbonyl (C=O) groups excluding carboxylic acids is 1. The third-order valence-corrected chi connectivity index (χ3v) is 4.29. The second kappa shape index (κ2) is 6.78. The van der Waals surface area contributed by atoms with Crippen LogP contribution in [-0.4, -0.2) is 25.0 Å². The van der Waals surface area contributed by atoms with Gasteiger partial charge in [0, 0.05) is 11.4 Å². The van der Waals surface area contributed by atoms with Crippen molar-refractivity contribution >= 4 is 52.2 Å². The molecule has 2 rings (SSSR count). The van der Waals surface area contributed by atoms with Gasteiger partial charge in [-0.05, 0) is 54.6 Å². The fourth-order valence-electron chi connectivity index (χ4n) is 1.66. The summed E-state index contributed by atoms with van der Waals surface area (Å²) in [7, 11) is 0. The zero-order valence-corrected chi connectivity index (χ0v) is 12.5. The van der Waals surface area contributed by atoms with E-state index in [-0.39, 0.29) is 18.3 Å². The van der Waals surface area contributed by atoms with Crippen molar-refractivity contribution in [2.75, 3.05) is 13.1 Å². The lowest BCUT2D eigenvalue weighted by Crippen LogP contribution is -2.42. The van der Waals surface area contributed by atoms with Crippen molar-refractivity contribution in [3.63, 3.8) is 0 Å². The molecule has 0 saturated carbocycles. The van der Waals surface area contributed by atoms with Gasteiger partial charge in [-0.15, -0.1) is 23.7 Å². The fourth-order valence-corrected chi connectivity index (χ4v) is 2.99. The lowest BCUT2D eigenvalue weighted by atomic mass is 10.1. The maximum absolute atomic E-state index is 11.8. The van der Waals surface area contributed by atoms with Crippen molar-refractivity contribution in [2.24, 2.45) is 0 Å². The van der Waals surface area contributed by atoms with Gasteiger partial charge in [-0.2, -0.15) is 0 Å². The molecule has 0 atom stereocenters. The SMILES string of the molecule is Cl.O=C(NC1CCNCC1)c1csc(I)c1. The normalized spacial score (nSPS) is 16.6. The number of piperidine rings is 1. The van der Waals surface area contributed by atoms with Crippen LogP contribution in [0.15, 0.2) is 11.4 Å². The van der Waals surface area contributed by atoms with Crippen LogP contribution in [0.4, 0.5) is 0 Å². The third kappa shape index (κ3) is 3.87. The van der Waals surface area contributed by atoms with Crippen LogP contribution < -0.4 is 10.6 Å². The molecule has 0 radical (unpaired) electrons. The molecule has 90 valence electrons. The first kappa shape index (κ1) is 14.2. The van der Waals surface area contributed by atoms with Crippen molar-refractivity contribution in [2.45, 2.75) is 18.9 Å². The average Bonchev–Trinajstić information content (AvgIpc) is 2.66. The minimum atomic E-state index is 0. The van der Waals surface area contributed by atoms with Gasteiger partial charge in [0.05, 0.1) is 8.45 Å². The lowest BCUT2D eigenvalue weighted by Gasteiger charge is -2.23. The van der Waals surface area contributed by atoms with Crippen molar-refractivity contribution in [1.29, 1.82) is 0 Å². The van der Waals surface area contributed by atoms with Gasteiger partial charge in [0.15, 0.2) is 0 Å². The molecule has 0 spiro atoms. The van der Waals surface area contributed by atoms with E-state index in [1.165, 1.54) is 0 Å². The first-order chi connectivity index (χ1) is 7.25. The average molecular weight is 373 g/mol. The summed E-state index contributed by atoms with van der Waals surface area (Å²) in [5.41, 5.74) is 0.794. The molecular formula is C10H14ClIN2OS. The molecule has 16 heavy (non-hydrogen) atoms. The number of rotatable bonds is 2. The monoisotopic (exact) mass is 372 g/mol. The molecule has 0 aliphatic carbocycles. The topological polar surface area (TPSA) is 41.1 Å². The number of thiophene rings is 1. The Bertz CT molecular complexity index is 352. The van der Waals surface area contributed by atoms with E-state index < -0.39 is 0 Å². The van der Waals surface area contributed by atoms with Gasteiger partial charge in [0.1, 0.15) is 0 Å². The van der Waals surface area contributed by atoms with Gasteiger partial charge < -0.3 is 10.6 Å². The van der Waals surface area contributed by atoms with Gasteiger partial charge >= 0.3 is 0 Å². The Morgan fingerprint density at radius 1 is 1.50 bits per heavy atom. The van der Waals surface area contributed by atoms with Gasteiger partial charge in [-0.1, -0.05) is 0 Å². The van der Waals surface area contributed by atoms with Crippen LogP contribution in [0.5, 0.6) is 0 Å². The molecule has 6 heteroatoms. The maximum atomic E-state index is 11.8. The first-order valence-electron chi connectivity index (χ1n) is 5.01. The number of amides is 1. The maximum Gasteiger partial charge on any atom is 0.252 e. The minimum Gasteiger partial charge on any atom is -0.349 e. The second-order valence-electron chi connectivity index (χ2n) is 3.64. The highest BCUT2D eigenvalue weighted by Gasteiger charge is 2.16. The van der Waals surface area contributed by atoms with E-state index in [1.54, 1.807) is 11.3 Å². The van der Waals surface area contributed by atoms with Crippen LogP contribution >= 0.6 is 46.3 Å². The Balaban J connectivity index is 0.00000128. The van der Waals surface area contributed by atoms with Crippen molar-refractivity contribution in [1.82, 2.24) is 10.6 Å². The molecule has 1 fully saturated rings. The Hall–Kier alpha value is 0.150. The molecular weight excluding hydrogens is 359 g/mol. The van der Waals surface area contributed by atoms with Crippen LogP contribution in [0, 0.1) is 2.88 Å². The molecule has 0 unspecified atom stereocenters. The number of halogens is 2. The summed E-state index contributed by atoms with van der Waals surface area (Å²) in [6.45, 7) is 2.01. The molecule has 1 aliphatic rings. The lowest BCUT2D eigenvalue weighted by molar-refractivity contribution is 0.0930. The Morgan fingerprint density at radius 3 is 2.75 bits per heavy atom. The van der Waals surface area contributed by atoms with Crippen LogP contribution in [0.3, 0.4) is 0 Å². The molecule has 1 aromatic heterocycles. The summed E-state index contributed by atoms with van der Waals surface area (Å²) in [6.07, 6.45) is 2.07. The molecule has 2 N–H and O–H groups in total. The largest absolute Gasteiger partial charge is 0.349 e. The van der Waals surface area contributed by atoms with E-state index in [0.717, 1.165) is 34.4 Å². The molecule has 2 heterocycles. The van der Waals surface area contributed by atoms with E-state index in [2.05, 4.69) is 33.2 Å². The van der Waals surface area contributed by atoms with Crippen LogP contribution in [0.2, 0.25) is 0 Å². The zero-order valence-electron chi connectivity index (χ0n) is 8.66. The number of carbonyl (C=O) groups is 1. The van der Waals surface area contributed by atoms with Crippen molar-refractivity contribution < 1.29 is 4.79 Å². The second-order valence-corrected chi connectivity index (χ2v) is 6.44. The summed E-state index contributed by atoms with van der Waals surface area (Å²) >= 11 is 3.84. The summed E-state index contributed by atoms with van der Waals surface area (Å²) in [4.78, 5) is 11.8. The van der Waals surface area contributed by atoms with Crippen LogP contribution in [0.1, 0.15) is 23.2 Å². The quantitative estimate of drug-likeness (QED) is 0.782. The van der Waals surface area contributed by atoms with E-state index >= 15 is 0 Å². The van der Waals surface area contributed by atoms with Crippen molar-refractivity contribution in [3.8, 4) is 0 Å². The first-order valence-corrected chi connectivity index (χ1v) is 6.97. The van der Waals surface area contributed by atoms with Gasteiger partial charge in [-0.25, -0.2) is 0 Å². The summed E-state index contributed by atoms with van der Waals surface area (Å²) < 4.78 is 1.16. The molecule has 1 amide bonds. The summed E-state index contributed by atoms with van der Waals surface area (Å²) in [6, 6.07) is 2.28. The van der Waals surface area contributed by atoms with Crippen LogP contribution in [-0.2, 0) is 0 Å². The number of hydrogen-bond acceptors (Lipinski definition) is 3. The minimum absolute atomic E-state index is 0. The van der Waals surface area contributed by atoms with Gasteiger partial charge in [-0.3, -0.25) is 4.79 Å². The standard InChI is InChI=1S/C10H13IN2OS.ClH/c11-9-5-7(6-15-9)10(14)13-8-1-3-12-4-2-8;/h5-6,8,12H,1-4H2,(H,13,14);1H. The van der Waals surface area contributed by atoms with Crippen molar-refractivity contribution in [3.05, 3.63) is 19.9 Å². The Labute approximate surface area is 119 Å². The van der Waals surface area contributed by atoms with Gasteiger partial charge in [0.25, 0.3) is 5.91 Å². The Kier molecular flexibility index (Phi) is 6.02. The van der Waals surface area contributed by atoms with E-state index in [1.807, 2.05) is 11.4 Å². The molecule has 1 aliphatic heterocycles. The molecule has 0 aromatic carbocycles. The summed E-state index contributed by atoms with van der Waals surface area (Å²) in [5.74, 6) is 0.0704. The van der Waals surface area contributed by atoms with Gasteiger partial charge in [0.2, 0.25) is 0 Å². The molecule has 1 saturated heterocycles. The molecule has 0 bridgehead atoms. The third-order valence-electron chi connectivity index (χ3n) is 2.50. The predicted octanol–water partition coefficient (Wildman–Crippen LogP) is 2.26. The predicted molar refractivity (Wildman–Crippen MR) is 77.6 cm³/mol. The Morgan fingerprint density at radius 2 is 2.19 bits per heavy atom. The van der Waals surface area contributed by atoms with E-state index in [0.29, 0.717) is 6.04 Å². The highest BCUT2D eigenvalue weighted by atomic mass is 127. The van der Waals surface area contributed by atoms with E-state index in [9.17, 15) is 4.79 Å². The number of nitrogens with one attached hydrogen (secondary N) is 2. The fraction of sp³-hybridized carbons (Fsp3) is 0.500. The molecule has 1 aromatic rings. The van der Waals surface area contributed by atoms with E-state index in [4.69, 9.17) is 0 Å². The van der Waals surface area contributed by atoms with Crippen LogP contribution in [0.25, 0.3) is 0 Å². The summed E-state index contributed by atoms with van der Waals surface area (Å²) in [5, 5.41) is 8.27. The molecule has 3 nitrogen and oxygen atoms in total. The highest BCUT2D eigenvalue weighted by Crippen LogP contribution is 2.16. The smallest absolute Gasteiger partial charge is 0.252 e. The number of hydrogen-bond donors (Lipinski definition) is 2. The highest BCUT2D eigenvalue weighted by molar-refractivity contribution is 14.1.